The minimum Gasteiger partial charge on any atom is -0.381 e. The number of hydrogen-bond acceptors (Lipinski definition) is 3. The summed E-state index contributed by atoms with van der Waals surface area (Å²) in [5.41, 5.74) is 2.62. The number of nitrogens with zero attached hydrogens (tertiary/aromatic N) is 1. The maximum absolute atomic E-state index is 6.50. The number of allylic oxidation sites excluding steroid dienone is 1. The highest BCUT2D eigenvalue weighted by Crippen LogP contribution is 2.74. The molecule has 4 fully saturated rings. The van der Waals surface area contributed by atoms with Crippen molar-refractivity contribution in [3.8, 4) is 0 Å². The molecule has 1 saturated heterocycles. The van der Waals surface area contributed by atoms with Gasteiger partial charge in [-0.1, -0.05) is 25.5 Å². The van der Waals surface area contributed by atoms with Crippen LogP contribution >= 0.6 is 0 Å². The molecule has 4 aliphatic carbocycles. The quantitative estimate of drug-likeness (QED) is 0.531. The number of ether oxygens (including phenoxy) is 2. The smallest absolute Gasteiger partial charge is 0.115 e. The van der Waals surface area contributed by atoms with E-state index in [0.29, 0.717) is 29.1 Å². The Kier molecular flexibility index (Phi) is 4.02. The molecule has 5 aliphatic rings. The van der Waals surface area contributed by atoms with Crippen molar-refractivity contribution in [3.63, 3.8) is 0 Å². The second kappa shape index (κ2) is 5.83. The number of rotatable bonds is 3. The summed E-state index contributed by atoms with van der Waals surface area (Å²) in [6.07, 6.45) is 12.7. The summed E-state index contributed by atoms with van der Waals surface area (Å²) in [6.45, 7) is 7.57. The Morgan fingerprint density at radius 3 is 2.67 bits per heavy atom. The van der Waals surface area contributed by atoms with Crippen molar-refractivity contribution in [2.45, 2.75) is 89.6 Å². The van der Waals surface area contributed by atoms with Crippen LogP contribution in [0.5, 0.6) is 0 Å². The number of methoxy groups -OCH3 is 1. The van der Waals surface area contributed by atoms with Crippen molar-refractivity contribution < 1.29 is 9.47 Å². The predicted molar refractivity (Wildman–Crippen MR) is 109 cm³/mol. The highest BCUT2D eigenvalue weighted by atomic mass is 16.6. The maximum atomic E-state index is 6.50. The summed E-state index contributed by atoms with van der Waals surface area (Å²) in [7, 11) is 6.35. The van der Waals surface area contributed by atoms with Crippen LogP contribution in [0.2, 0.25) is 0 Å². The summed E-state index contributed by atoms with van der Waals surface area (Å²) in [5, 5.41) is 0. The Bertz CT molecular complexity index is 659. The average Bonchev–Trinajstić information content (AvgIpc) is 3.32. The van der Waals surface area contributed by atoms with E-state index < -0.39 is 0 Å². The molecule has 3 nitrogen and oxygen atoms in total. The van der Waals surface area contributed by atoms with Gasteiger partial charge >= 0.3 is 0 Å². The molecule has 9 unspecified atom stereocenters. The molecule has 1 heterocycles. The van der Waals surface area contributed by atoms with Crippen LogP contribution in [0.25, 0.3) is 0 Å². The lowest BCUT2D eigenvalue weighted by atomic mass is 9.46. The van der Waals surface area contributed by atoms with Gasteiger partial charge in [-0.05, 0) is 89.1 Å². The fourth-order valence-corrected chi connectivity index (χ4v) is 8.45. The fourth-order valence-electron chi connectivity index (χ4n) is 8.45. The van der Waals surface area contributed by atoms with E-state index in [1.165, 1.54) is 44.9 Å². The zero-order valence-corrected chi connectivity index (χ0v) is 18.3. The Hall–Kier alpha value is -0.380. The van der Waals surface area contributed by atoms with Crippen LogP contribution in [0.1, 0.15) is 65.7 Å². The molecule has 9 atom stereocenters. The van der Waals surface area contributed by atoms with Crippen LogP contribution in [-0.4, -0.2) is 50.0 Å². The van der Waals surface area contributed by atoms with Gasteiger partial charge in [0, 0.05) is 18.6 Å². The van der Waals surface area contributed by atoms with Gasteiger partial charge in [-0.2, -0.15) is 0 Å². The first-order chi connectivity index (χ1) is 12.8. The number of likely N-dealkylation sites (N-methyl/N-ethyl adjacent to an activating group) is 1. The molecule has 3 heteroatoms. The SMILES string of the molecule is COC1CCC2(C)C(=CCC3C2CCC2(C)C3CC3OC32C(C)N(C)C)C1. The lowest BCUT2D eigenvalue weighted by Crippen LogP contribution is -2.56. The largest absolute Gasteiger partial charge is 0.381 e. The zero-order chi connectivity index (χ0) is 19.2. The second-order valence-electron chi connectivity index (χ2n) is 11.1. The van der Waals surface area contributed by atoms with Gasteiger partial charge in [0.25, 0.3) is 0 Å². The van der Waals surface area contributed by atoms with Crippen LogP contribution < -0.4 is 0 Å². The molecule has 0 spiro atoms. The summed E-state index contributed by atoms with van der Waals surface area (Å²) < 4.78 is 12.2. The van der Waals surface area contributed by atoms with Crippen LogP contribution in [0.15, 0.2) is 11.6 Å². The molecule has 5 rings (SSSR count). The van der Waals surface area contributed by atoms with Crippen molar-refractivity contribution in [2.24, 2.45) is 28.6 Å². The third-order valence-electron chi connectivity index (χ3n) is 10.3. The second-order valence-corrected chi connectivity index (χ2v) is 11.1. The van der Waals surface area contributed by atoms with Gasteiger partial charge in [-0.15, -0.1) is 0 Å². The summed E-state index contributed by atoms with van der Waals surface area (Å²) in [4.78, 5) is 2.39. The van der Waals surface area contributed by atoms with E-state index in [4.69, 9.17) is 9.47 Å². The van der Waals surface area contributed by atoms with Crippen molar-refractivity contribution in [1.29, 1.82) is 0 Å². The molecule has 0 N–H and O–H groups in total. The minimum absolute atomic E-state index is 0.116. The number of hydrogen-bond donors (Lipinski definition) is 0. The number of fused-ring (bicyclic) bond motifs is 7. The van der Waals surface area contributed by atoms with Crippen molar-refractivity contribution in [1.82, 2.24) is 4.90 Å². The zero-order valence-electron chi connectivity index (χ0n) is 18.3. The van der Waals surface area contributed by atoms with Gasteiger partial charge in [0.15, 0.2) is 0 Å². The lowest BCUT2D eigenvalue weighted by Gasteiger charge is -2.59. The third kappa shape index (κ3) is 2.20. The molecule has 0 amide bonds. The lowest BCUT2D eigenvalue weighted by molar-refractivity contribution is -0.0968. The molecule has 0 aromatic rings. The Morgan fingerprint density at radius 2 is 1.96 bits per heavy atom. The van der Waals surface area contributed by atoms with Gasteiger partial charge in [-0.25, -0.2) is 0 Å². The first-order valence-corrected chi connectivity index (χ1v) is 11.3. The van der Waals surface area contributed by atoms with Gasteiger partial charge in [0.2, 0.25) is 0 Å². The van der Waals surface area contributed by atoms with Crippen LogP contribution in [0.4, 0.5) is 0 Å². The van der Waals surface area contributed by atoms with E-state index in [-0.39, 0.29) is 5.60 Å². The normalized spacial score (nSPS) is 54.5. The van der Waals surface area contributed by atoms with Crippen molar-refractivity contribution in [2.75, 3.05) is 21.2 Å². The van der Waals surface area contributed by atoms with E-state index in [9.17, 15) is 0 Å². The molecular formula is C24H39NO2. The maximum Gasteiger partial charge on any atom is 0.115 e. The summed E-state index contributed by atoms with van der Waals surface area (Å²) >= 11 is 0. The van der Waals surface area contributed by atoms with Gasteiger partial charge < -0.3 is 14.4 Å². The third-order valence-corrected chi connectivity index (χ3v) is 10.3. The predicted octanol–water partition coefficient (Wildman–Crippen LogP) is 4.66. The number of epoxide rings is 1. The fraction of sp³-hybridized carbons (Fsp3) is 0.917. The van der Waals surface area contributed by atoms with E-state index in [1.54, 1.807) is 5.57 Å². The summed E-state index contributed by atoms with van der Waals surface area (Å²) in [5.74, 6) is 2.57. The van der Waals surface area contributed by atoms with E-state index in [0.717, 1.165) is 17.8 Å². The molecule has 152 valence electrons. The van der Waals surface area contributed by atoms with Crippen LogP contribution in [-0.2, 0) is 9.47 Å². The first kappa shape index (κ1) is 18.6. The van der Waals surface area contributed by atoms with E-state index in [1.807, 2.05) is 7.11 Å². The molecule has 0 bridgehead atoms. The standard InChI is InChI=1S/C24H39NO2/c1-15(25(4)5)24-21(27-24)14-20-18-8-7-16-13-17(26-6)9-11-22(16,2)19(18)10-12-23(20,24)3/h7,15,17-21H,8-14H2,1-6H3. The van der Waals surface area contributed by atoms with Gasteiger partial charge in [-0.3, -0.25) is 0 Å². The molecule has 1 aliphatic heterocycles. The Labute approximate surface area is 165 Å². The van der Waals surface area contributed by atoms with Gasteiger partial charge in [0.05, 0.1) is 12.2 Å². The van der Waals surface area contributed by atoms with Crippen LogP contribution in [0.3, 0.4) is 0 Å². The van der Waals surface area contributed by atoms with Gasteiger partial charge in [0.1, 0.15) is 5.60 Å². The molecule has 27 heavy (non-hydrogen) atoms. The van der Waals surface area contributed by atoms with Crippen LogP contribution in [0, 0.1) is 28.6 Å². The molecule has 3 saturated carbocycles. The highest BCUT2D eigenvalue weighted by molar-refractivity contribution is 5.31. The topological polar surface area (TPSA) is 25.0 Å². The van der Waals surface area contributed by atoms with E-state index in [2.05, 4.69) is 45.8 Å². The van der Waals surface area contributed by atoms with Crippen molar-refractivity contribution in [3.05, 3.63) is 11.6 Å². The van der Waals surface area contributed by atoms with Crippen molar-refractivity contribution >= 4 is 0 Å². The van der Waals surface area contributed by atoms with E-state index >= 15 is 0 Å². The Balaban J connectivity index is 1.46. The molecule has 0 radical (unpaired) electrons. The highest BCUT2D eigenvalue weighted by Gasteiger charge is 2.78. The monoisotopic (exact) mass is 373 g/mol. The molecule has 0 aromatic carbocycles. The average molecular weight is 374 g/mol. The molecular weight excluding hydrogens is 334 g/mol. The minimum atomic E-state index is 0.116. The molecule has 0 aromatic heterocycles. The Morgan fingerprint density at radius 1 is 1.19 bits per heavy atom. The summed E-state index contributed by atoms with van der Waals surface area (Å²) in [6, 6.07) is 0.511. The first-order valence-electron chi connectivity index (χ1n) is 11.3.